The molecule has 1 aliphatic heterocycles. The van der Waals surface area contributed by atoms with Crippen LogP contribution in [0.2, 0.25) is 0 Å². The van der Waals surface area contributed by atoms with Crippen molar-refractivity contribution < 1.29 is 23.5 Å². The van der Waals surface area contributed by atoms with Gasteiger partial charge in [-0.15, -0.1) is 0 Å². The van der Waals surface area contributed by atoms with E-state index in [-0.39, 0.29) is 11.5 Å². The van der Waals surface area contributed by atoms with E-state index in [1.54, 1.807) is 13.0 Å². The van der Waals surface area contributed by atoms with Crippen LogP contribution in [0.25, 0.3) is 0 Å². The van der Waals surface area contributed by atoms with Gasteiger partial charge in [0.05, 0.1) is 29.2 Å². The molecular formula is C12H12BrFN2O4S. The normalized spacial score (nSPS) is 12.7. The summed E-state index contributed by atoms with van der Waals surface area (Å²) in [4.78, 5) is 22.7. The van der Waals surface area contributed by atoms with Crippen LogP contribution in [0.3, 0.4) is 0 Å². The topological polar surface area (TPSA) is 76.7 Å². The standard InChI is InChI=1S/C12H12BrFN2O4S/c1-2-20-12(18)15-11(17)16-21-8-3-6-4-19-5-7(6)9(13)10(8)14/h3H,2,4-5H2,1H3,(H2,15,16,17,18). The van der Waals surface area contributed by atoms with E-state index in [2.05, 4.69) is 25.4 Å². The van der Waals surface area contributed by atoms with Crippen LogP contribution in [-0.2, 0) is 22.7 Å². The number of rotatable bonds is 3. The van der Waals surface area contributed by atoms with Crippen LogP contribution < -0.4 is 10.0 Å². The number of hydrogen-bond donors (Lipinski definition) is 2. The number of fused-ring (bicyclic) bond motifs is 1. The van der Waals surface area contributed by atoms with E-state index in [1.807, 2.05) is 5.32 Å². The van der Waals surface area contributed by atoms with E-state index >= 15 is 0 Å². The van der Waals surface area contributed by atoms with Gasteiger partial charge >= 0.3 is 12.1 Å². The molecule has 0 aliphatic carbocycles. The quantitative estimate of drug-likeness (QED) is 0.790. The molecular weight excluding hydrogens is 367 g/mol. The predicted molar refractivity (Wildman–Crippen MR) is 77.1 cm³/mol. The summed E-state index contributed by atoms with van der Waals surface area (Å²) in [6.45, 7) is 2.52. The molecule has 9 heteroatoms. The number of urea groups is 1. The van der Waals surface area contributed by atoms with Crippen molar-refractivity contribution in [3.63, 3.8) is 0 Å². The molecule has 2 rings (SSSR count). The van der Waals surface area contributed by atoms with Crippen molar-refractivity contribution in [2.75, 3.05) is 6.61 Å². The third kappa shape index (κ3) is 3.86. The SMILES string of the molecule is CCOC(=O)NC(=O)NSc1cc2c(c(Br)c1F)COC2. The Hall–Kier alpha value is -1.32. The number of carbonyl (C=O) groups excluding carboxylic acids is 2. The van der Waals surface area contributed by atoms with Crippen molar-refractivity contribution in [1.82, 2.24) is 10.0 Å². The Balaban J connectivity index is 1.99. The van der Waals surface area contributed by atoms with E-state index in [4.69, 9.17) is 4.74 Å². The maximum atomic E-state index is 14.1. The highest BCUT2D eigenvalue weighted by Gasteiger charge is 2.21. The van der Waals surface area contributed by atoms with Gasteiger partial charge in [-0.3, -0.25) is 4.72 Å². The van der Waals surface area contributed by atoms with E-state index in [9.17, 15) is 14.0 Å². The Kier molecular flexibility index (Phi) is 5.43. The van der Waals surface area contributed by atoms with Crippen molar-refractivity contribution in [2.45, 2.75) is 25.0 Å². The van der Waals surface area contributed by atoms with Crippen molar-refractivity contribution in [3.05, 3.63) is 27.5 Å². The molecule has 0 saturated heterocycles. The monoisotopic (exact) mass is 378 g/mol. The van der Waals surface area contributed by atoms with Crippen molar-refractivity contribution in [3.8, 4) is 0 Å². The van der Waals surface area contributed by atoms with E-state index in [0.29, 0.717) is 17.7 Å². The lowest BCUT2D eigenvalue weighted by molar-refractivity contribution is 0.134. The predicted octanol–water partition coefficient (Wildman–Crippen LogP) is 3.08. The molecule has 1 aromatic rings. The molecule has 114 valence electrons. The maximum Gasteiger partial charge on any atom is 0.415 e. The number of benzene rings is 1. The molecule has 6 nitrogen and oxygen atoms in total. The smallest absolute Gasteiger partial charge is 0.415 e. The summed E-state index contributed by atoms with van der Waals surface area (Å²) in [6.07, 6.45) is -0.861. The van der Waals surface area contributed by atoms with Gasteiger partial charge in [-0.1, -0.05) is 0 Å². The van der Waals surface area contributed by atoms with Crippen LogP contribution in [0.5, 0.6) is 0 Å². The van der Waals surface area contributed by atoms with Gasteiger partial charge in [0, 0.05) is 5.56 Å². The molecule has 0 aromatic heterocycles. The van der Waals surface area contributed by atoms with Gasteiger partial charge in [0.15, 0.2) is 5.82 Å². The lowest BCUT2D eigenvalue weighted by Crippen LogP contribution is -2.36. The van der Waals surface area contributed by atoms with Crippen LogP contribution in [0, 0.1) is 5.82 Å². The first-order valence-corrected chi connectivity index (χ1v) is 7.62. The van der Waals surface area contributed by atoms with Gasteiger partial charge in [-0.25, -0.2) is 19.3 Å². The third-order valence-electron chi connectivity index (χ3n) is 2.62. The van der Waals surface area contributed by atoms with E-state index in [0.717, 1.165) is 23.1 Å². The van der Waals surface area contributed by atoms with Crippen LogP contribution in [0.1, 0.15) is 18.1 Å². The van der Waals surface area contributed by atoms with Gasteiger partial charge in [-0.05, 0) is 46.4 Å². The van der Waals surface area contributed by atoms with Crippen molar-refractivity contribution in [1.29, 1.82) is 0 Å². The fourth-order valence-corrected chi connectivity index (χ4v) is 3.06. The van der Waals surface area contributed by atoms with Gasteiger partial charge in [0.2, 0.25) is 0 Å². The minimum Gasteiger partial charge on any atom is -0.450 e. The summed E-state index contributed by atoms with van der Waals surface area (Å²) in [5.74, 6) is -0.485. The zero-order valence-corrected chi connectivity index (χ0v) is 13.4. The summed E-state index contributed by atoms with van der Waals surface area (Å²) >= 11 is 3.94. The first-order chi connectivity index (χ1) is 10.0. The summed E-state index contributed by atoms with van der Waals surface area (Å²) in [6, 6.07) is 0.822. The number of nitrogens with one attached hydrogen (secondary N) is 2. The highest BCUT2D eigenvalue weighted by molar-refractivity contribution is 9.10. The number of ether oxygens (including phenoxy) is 2. The molecule has 21 heavy (non-hydrogen) atoms. The molecule has 0 fully saturated rings. The highest BCUT2D eigenvalue weighted by atomic mass is 79.9. The Morgan fingerprint density at radius 2 is 2.29 bits per heavy atom. The first-order valence-electron chi connectivity index (χ1n) is 6.01. The lowest BCUT2D eigenvalue weighted by atomic mass is 10.1. The minimum atomic E-state index is -0.861. The highest BCUT2D eigenvalue weighted by Crippen LogP contribution is 2.35. The molecule has 3 amide bonds. The average molecular weight is 379 g/mol. The maximum absolute atomic E-state index is 14.1. The number of imide groups is 1. The number of carbonyl (C=O) groups is 2. The van der Waals surface area contributed by atoms with Gasteiger partial charge in [0.1, 0.15) is 0 Å². The van der Waals surface area contributed by atoms with Gasteiger partial charge in [0.25, 0.3) is 0 Å². The van der Waals surface area contributed by atoms with Crippen molar-refractivity contribution >= 4 is 40.0 Å². The van der Waals surface area contributed by atoms with E-state index in [1.165, 1.54) is 0 Å². The van der Waals surface area contributed by atoms with Crippen LogP contribution in [0.4, 0.5) is 14.0 Å². The second-order valence-corrected chi connectivity index (χ2v) is 5.65. The summed E-state index contributed by atoms with van der Waals surface area (Å²) in [7, 11) is 0. The summed E-state index contributed by atoms with van der Waals surface area (Å²) in [5, 5.41) is 1.95. The zero-order valence-electron chi connectivity index (χ0n) is 11.0. The van der Waals surface area contributed by atoms with Crippen LogP contribution in [-0.4, -0.2) is 18.7 Å². The number of halogens is 2. The second-order valence-electron chi connectivity index (χ2n) is 4.01. The van der Waals surface area contributed by atoms with Crippen LogP contribution >= 0.6 is 27.9 Å². The fourth-order valence-electron chi connectivity index (χ4n) is 1.70. The molecule has 1 aliphatic rings. The largest absolute Gasteiger partial charge is 0.450 e. The summed E-state index contributed by atoms with van der Waals surface area (Å²) in [5.41, 5.74) is 1.63. The Bertz CT molecular complexity index is 585. The van der Waals surface area contributed by atoms with Crippen LogP contribution in [0.15, 0.2) is 15.4 Å². The van der Waals surface area contributed by atoms with Gasteiger partial charge in [-0.2, -0.15) is 0 Å². The number of amides is 3. The molecule has 0 atom stereocenters. The molecule has 0 saturated carbocycles. The summed E-state index contributed by atoms with van der Waals surface area (Å²) < 4.78 is 26.5. The third-order valence-corrected chi connectivity index (χ3v) is 4.25. The first kappa shape index (κ1) is 16.1. The molecule has 1 heterocycles. The Morgan fingerprint density at radius 3 is 3.00 bits per heavy atom. The lowest BCUT2D eigenvalue weighted by Gasteiger charge is -2.09. The Morgan fingerprint density at radius 1 is 1.52 bits per heavy atom. The average Bonchev–Trinajstić information content (AvgIpc) is 2.90. The molecule has 0 spiro atoms. The molecule has 0 radical (unpaired) electrons. The van der Waals surface area contributed by atoms with E-state index < -0.39 is 17.9 Å². The van der Waals surface area contributed by atoms with Crippen molar-refractivity contribution in [2.24, 2.45) is 0 Å². The van der Waals surface area contributed by atoms with Gasteiger partial charge < -0.3 is 9.47 Å². The number of alkyl carbamates (subject to hydrolysis) is 1. The Labute approximate surface area is 133 Å². The molecule has 0 bridgehead atoms. The molecule has 0 unspecified atom stereocenters. The molecule has 1 aromatic carbocycles. The second kappa shape index (κ2) is 7.10. The zero-order chi connectivity index (χ0) is 15.4. The number of hydrogen-bond acceptors (Lipinski definition) is 5. The fraction of sp³-hybridized carbons (Fsp3) is 0.333. The minimum absolute atomic E-state index is 0.151. The molecule has 2 N–H and O–H groups in total.